The molecule has 7 heterocycles. The maximum atomic E-state index is 16.2. The van der Waals surface area contributed by atoms with Gasteiger partial charge in [0.25, 0.3) is 17.7 Å². The molecule has 5 aliphatic heterocycles. The van der Waals surface area contributed by atoms with Crippen LogP contribution in [0.5, 0.6) is 0 Å². The van der Waals surface area contributed by atoms with Crippen molar-refractivity contribution in [3.63, 3.8) is 0 Å². The average Bonchev–Trinajstić information content (AvgIpc) is 3.91. The normalized spacial score (nSPS) is 24.2. The Morgan fingerprint density at radius 3 is 2.46 bits per heavy atom. The van der Waals surface area contributed by atoms with Gasteiger partial charge in [0.15, 0.2) is 17.2 Å². The molecule has 5 amide bonds. The number of rotatable bonds is 10. The van der Waals surface area contributed by atoms with E-state index < -0.39 is 18.0 Å². The standard InChI is InChI=1S/C46H54ClF2N11O5/c1-27-19-29(20-34(40(27)47)59-16-11-39(61)53-44(59)64)43(63)57-24-45(25-57)12-17-56(18-13-45)37-10-14-55(26-46(37,48)49)23-28-5-4-6-33-30(28)9-15-58(33)38-21-32(50-2)41-51-22-35(60(41)54-38)42(62)52-31-7-8-36(31)65-3/h4-6,19-22,31,36-37,50H,7-18,23-26H2,1-3H3,(H,52,62)(H,53,61,64)/t31?,36-,37?/m1/s1. The average molecular weight is 914 g/mol. The number of urea groups is 1. The van der Waals surface area contributed by atoms with Gasteiger partial charge in [0.05, 0.1) is 47.3 Å². The molecule has 19 heteroatoms. The molecule has 1 saturated carbocycles. The van der Waals surface area contributed by atoms with Crippen molar-refractivity contribution < 1.29 is 32.7 Å². The summed E-state index contributed by atoms with van der Waals surface area (Å²) in [5.41, 5.74) is 6.03. The summed E-state index contributed by atoms with van der Waals surface area (Å²) in [5, 5.41) is 13.8. The first kappa shape index (κ1) is 43.5. The maximum absolute atomic E-state index is 16.2. The number of aryl methyl sites for hydroxylation is 1. The maximum Gasteiger partial charge on any atom is 0.328 e. The number of fused-ring (bicyclic) bond motifs is 2. The number of halogens is 3. The van der Waals surface area contributed by atoms with Gasteiger partial charge < -0.3 is 25.2 Å². The van der Waals surface area contributed by atoms with E-state index in [0.29, 0.717) is 91.2 Å². The van der Waals surface area contributed by atoms with E-state index in [1.165, 1.54) is 4.90 Å². The van der Waals surface area contributed by atoms with Crippen LogP contribution in [0, 0.1) is 12.3 Å². The first-order valence-electron chi connectivity index (χ1n) is 22.6. The van der Waals surface area contributed by atoms with E-state index in [2.05, 4.69) is 25.8 Å². The number of benzene rings is 2. The number of hydrogen-bond donors (Lipinski definition) is 3. The topological polar surface area (TPSA) is 160 Å². The number of amides is 5. The summed E-state index contributed by atoms with van der Waals surface area (Å²) in [5.74, 6) is -3.05. The third-order valence-electron chi connectivity index (χ3n) is 14.7. The van der Waals surface area contributed by atoms with Gasteiger partial charge in [-0.05, 0) is 93.4 Å². The van der Waals surface area contributed by atoms with Crippen LogP contribution in [0.3, 0.4) is 0 Å². The predicted octanol–water partition coefficient (Wildman–Crippen LogP) is 5.23. The lowest BCUT2D eigenvalue weighted by molar-refractivity contribution is -0.143. The van der Waals surface area contributed by atoms with Gasteiger partial charge in [0.1, 0.15) is 0 Å². The highest BCUT2D eigenvalue weighted by Crippen LogP contribution is 2.45. The van der Waals surface area contributed by atoms with Crippen LogP contribution in [-0.2, 0) is 22.5 Å². The Morgan fingerprint density at radius 2 is 1.75 bits per heavy atom. The van der Waals surface area contributed by atoms with Crippen LogP contribution in [0.15, 0.2) is 42.6 Å². The lowest BCUT2D eigenvalue weighted by atomic mass is 9.71. The van der Waals surface area contributed by atoms with E-state index in [-0.39, 0.29) is 54.8 Å². The molecule has 2 unspecified atom stereocenters. The van der Waals surface area contributed by atoms with Gasteiger partial charge in [-0.3, -0.25) is 34.4 Å². The lowest BCUT2D eigenvalue weighted by Crippen LogP contribution is -2.65. The Labute approximate surface area is 380 Å². The van der Waals surface area contributed by atoms with Gasteiger partial charge in [-0.25, -0.2) is 23.1 Å². The summed E-state index contributed by atoms with van der Waals surface area (Å²) in [6.45, 7) is 5.42. The summed E-state index contributed by atoms with van der Waals surface area (Å²) in [6.07, 6.45) is 5.96. The molecule has 344 valence electrons. The Kier molecular flexibility index (Phi) is 11.2. The minimum atomic E-state index is -2.90. The summed E-state index contributed by atoms with van der Waals surface area (Å²) in [4.78, 5) is 65.1. The number of imidazole rings is 1. The van der Waals surface area contributed by atoms with Crippen molar-refractivity contribution in [3.05, 3.63) is 75.6 Å². The fourth-order valence-electron chi connectivity index (χ4n) is 10.9. The van der Waals surface area contributed by atoms with E-state index in [1.54, 1.807) is 48.8 Å². The van der Waals surface area contributed by atoms with E-state index in [4.69, 9.17) is 21.4 Å². The van der Waals surface area contributed by atoms with Crippen LogP contribution in [-0.4, -0.2) is 144 Å². The number of anilines is 4. The first-order valence-corrected chi connectivity index (χ1v) is 23.0. The highest BCUT2D eigenvalue weighted by molar-refractivity contribution is 6.35. The van der Waals surface area contributed by atoms with Crippen molar-refractivity contribution in [3.8, 4) is 0 Å². The number of piperidine rings is 2. The van der Waals surface area contributed by atoms with Crippen molar-refractivity contribution in [1.29, 1.82) is 0 Å². The molecule has 1 aliphatic carbocycles. The lowest BCUT2D eigenvalue weighted by Gasteiger charge is -2.55. The molecule has 2 aromatic heterocycles. The van der Waals surface area contributed by atoms with Gasteiger partial charge >= 0.3 is 6.03 Å². The van der Waals surface area contributed by atoms with E-state index in [9.17, 15) is 19.2 Å². The molecular weight excluding hydrogens is 860 g/mol. The van der Waals surface area contributed by atoms with Gasteiger partial charge in [0, 0.05) is 82.6 Å². The smallest absolute Gasteiger partial charge is 0.328 e. The molecule has 6 aliphatic rings. The van der Waals surface area contributed by atoms with Crippen LogP contribution in [0.2, 0.25) is 5.02 Å². The molecule has 2 aromatic carbocycles. The Bertz CT molecular complexity index is 2570. The van der Waals surface area contributed by atoms with Crippen LogP contribution < -0.4 is 25.8 Å². The third kappa shape index (κ3) is 7.85. The molecule has 0 bridgehead atoms. The predicted molar refractivity (Wildman–Crippen MR) is 240 cm³/mol. The van der Waals surface area contributed by atoms with Crippen molar-refractivity contribution in [2.45, 2.75) is 82.5 Å². The van der Waals surface area contributed by atoms with Gasteiger partial charge in [0.2, 0.25) is 5.91 Å². The number of imide groups is 1. The second-order valence-electron chi connectivity index (χ2n) is 18.6. The SMILES string of the molecule is CNc1cc(N2CCc3c(CN4CCC(N5CCC6(CC5)CN(C(=O)c5cc(C)c(Cl)c(N7CCC(=O)NC7=O)c5)C6)C(F)(F)C4)cccc32)nn2c(C(=O)NC3CC[C@H]3OC)cnc12. The second-order valence-corrected chi connectivity index (χ2v) is 19.0. The highest BCUT2D eigenvalue weighted by Gasteiger charge is 2.52. The zero-order valence-electron chi connectivity index (χ0n) is 36.8. The number of hydrogen-bond acceptors (Lipinski definition) is 11. The summed E-state index contributed by atoms with van der Waals surface area (Å²) >= 11 is 6.57. The van der Waals surface area contributed by atoms with Crippen LogP contribution in [0.4, 0.5) is 36.5 Å². The summed E-state index contributed by atoms with van der Waals surface area (Å²) in [6, 6.07) is 9.83. The second kappa shape index (κ2) is 16.8. The highest BCUT2D eigenvalue weighted by atomic mass is 35.5. The minimum Gasteiger partial charge on any atom is -0.385 e. The molecule has 10 rings (SSSR count). The molecule has 5 fully saturated rings. The van der Waals surface area contributed by atoms with Gasteiger partial charge in [-0.15, -0.1) is 5.10 Å². The molecule has 1 spiro atoms. The number of carbonyl (C=O) groups excluding carboxylic acids is 4. The van der Waals surface area contributed by atoms with Crippen LogP contribution in [0.25, 0.3) is 5.65 Å². The number of aromatic nitrogens is 3. The first-order chi connectivity index (χ1) is 31.2. The largest absolute Gasteiger partial charge is 0.385 e. The number of ether oxygens (including phenoxy) is 1. The summed E-state index contributed by atoms with van der Waals surface area (Å²) < 4.78 is 39.5. The van der Waals surface area contributed by atoms with E-state index in [0.717, 1.165) is 54.6 Å². The third-order valence-corrected chi connectivity index (χ3v) is 15.2. The molecule has 3 N–H and O–H groups in total. The fraction of sp³-hybridized carbons (Fsp3) is 0.522. The van der Waals surface area contributed by atoms with Crippen molar-refractivity contribution in [2.75, 3.05) is 81.6 Å². The molecule has 3 atom stereocenters. The number of methoxy groups -OCH3 is 1. The van der Waals surface area contributed by atoms with Crippen molar-refractivity contribution in [1.82, 2.24) is 39.9 Å². The van der Waals surface area contributed by atoms with Gasteiger partial charge in [-0.1, -0.05) is 23.7 Å². The molecule has 0 radical (unpaired) electrons. The number of nitrogens with zero attached hydrogens (tertiary/aromatic N) is 8. The van der Waals surface area contributed by atoms with Crippen LogP contribution in [0.1, 0.15) is 76.1 Å². The molecule has 4 aromatic rings. The van der Waals surface area contributed by atoms with Gasteiger partial charge in [-0.2, -0.15) is 0 Å². The molecule has 4 saturated heterocycles. The number of alkyl halides is 2. The van der Waals surface area contributed by atoms with E-state index >= 15 is 8.78 Å². The van der Waals surface area contributed by atoms with Crippen molar-refractivity contribution in [2.24, 2.45) is 5.41 Å². The minimum absolute atomic E-state index is 0.00905. The Balaban J connectivity index is 0.758. The summed E-state index contributed by atoms with van der Waals surface area (Å²) in [7, 11) is 3.46. The Morgan fingerprint density at radius 1 is 0.969 bits per heavy atom. The van der Waals surface area contributed by atoms with Crippen molar-refractivity contribution >= 4 is 63.9 Å². The quantitative estimate of drug-likeness (QED) is 0.191. The number of likely N-dealkylation sites (tertiary alicyclic amines) is 3. The monoisotopic (exact) mass is 913 g/mol. The van der Waals surface area contributed by atoms with E-state index in [1.807, 2.05) is 34.1 Å². The van der Waals surface area contributed by atoms with Crippen LogP contribution >= 0.6 is 11.6 Å². The number of nitrogens with one attached hydrogen (secondary N) is 3. The molecule has 16 nitrogen and oxygen atoms in total. The fourth-order valence-corrected chi connectivity index (χ4v) is 11.1. The molecular formula is C46H54ClF2N11O5. The zero-order valence-corrected chi connectivity index (χ0v) is 37.6. The number of carbonyl (C=O) groups is 4. The Hall–Kier alpha value is -5.43. The molecule has 65 heavy (non-hydrogen) atoms. The zero-order chi connectivity index (χ0) is 45.4.